The van der Waals surface area contributed by atoms with E-state index in [2.05, 4.69) is 11.7 Å². The number of hydrogen-bond donors (Lipinski definition) is 0. The van der Waals surface area contributed by atoms with Gasteiger partial charge in [-0.3, -0.25) is 0 Å². The second kappa shape index (κ2) is 9.24. The van der Waals surface area contributed by atoms with Crippen molar-refractivity contribution in [2.24, 2.45) is 5.92 Å². The zero-order valence-corrected chi connectivity index (χ0v) is 18.1. The lowest BCUT2D eigenvalue weighted by molar-refractivity contribution is -0.189. The topological polar surface area (TPSA) is 35.5 Å². The molecule has 35 heavy (non-hydrogen) atoms. The van der Waals surface area contributed by atoms with Crippen molar-refractivity contribution in [2.45, 2.75) is 32.3 Å². The third kappa shape index (κ3) is 4.96. The number of ether oxygens (including phenoxy) is 2. The normalized spacial score (nSPS) is 15.1. The van der Waals surface area contributed by atoms with Gasteiger partial charge >= 0.3 is 12.1 Å². The highest BCUT2D eigenvalue weighted by Gasteiger charge is 2.42. The predicted octanol–water partition coefficient (Wildman–Crippen LogP) is 6.85. The summed E-state index contributed by atoms with van der Waals surface area (Å²) < 4.78 is 106. The highest BCUT2D eigenvalue weighted by Crippen LogP contribution is 2.37. The summed E-state index contributed by atoms with van der Waals surface area (Å²) in [6.07, 6.45) is -2.11. The lowest BCUT2D eigenvalue weighted by Crippen LogP contribution is -2.25. The van der Waals surface area contributed by atoms with Crippen LogP contribution < -0.4 is 9.47 Å². The Hall–Kier alpha value is -3.56. The van der Waals surface area contributed by atoms with E-state index in [1.807, 2.05) is 0 Å². The zero-order chi connectivity index (χ0) is 25.5. The van der Waals surface area contributed by atoms with Crippen molar-refractivity contribution in [3.63, 3.8) is 0 Å². The molecule has 0 fully saturated rings. The first kappa shape index (κ1) is 24.6. The number of hydrogen-bond acceptors (Lipinski definition) is 3. The average molecular weight is 498 g/mol. The van der Waals surface area contributed by atoms with E-state index in [-0.39, 0.29) is 17.7 Å². The van der Waals surface area contributed by atoms with Gasteiger partial charge in [0.25, 0.3) is 0 Å². The highest BCUT2D eigenvalue weighted by atomic mass is 19.3. The third-order valence-corrected chi connectivity index (χ3v) is 5.76. The fourth-order valence-corrected chi connectivity index (χ4v) is 3.97. The van der Waals surface area contributed by atoms with Crippen molar-refractivity contribution in [1.82, 2.24) is 0 Å². The van der Waals surface area contributed by atoms with Crippen molar-refractivity contribution in [2.75, 3.05) is 0 Å². The molecule has 3 aromatic carbocycles. The van der Waals surface area contributed by atoms with E-state index in [9.17, 15) is 35.5 Å². The summed E-state index contributed by atoms with van der Waals surface area (Å²) in [4.78, 5) is 12.5. The van der Waals surface area contributed by atoms with Gasteiger partial charge in [0.15, 0.2) is 17.5 Å². The molecule has 184 valence electrons. The summed E-state index contributed by atoms with van der Waals surface area (Å²) in [5, 5.41) is 0. The Morgan fingerprint density at radius 2 is 1.43 bits per heavy atom. The van der Waals surface area contributed by atoms with Crippen LogP contribution in [-0.4, -0.2) is 5.97 Å². The van der Waals surface area contributed by atoms with Crippen LogP contribution in [0.1, 0.15) is 40.4 Å². The lowest BCUT2D eigenvalue weighted by atomic mass is 10.0. The lowest BCUT2D eigenvalue weighted by Gasteiger charge is -2.20. The second-order valence-corrected chi connectivity index (χ2v) is 8.14. The minimum Gasteiger partial charge on any atom is -0.429 e. The molecule has 0 saturated heterocycles. The van der Waals surface area contributed by atoms with Crippen molar-refractivity contribution in [1.29, 1.82) is 0 Å². The Labute approximate surface area is 195 Å². The minimum atomic E-state index is -4.75. The quantitative estimate of drug-likeness (QED) is 0.161. The Balaban J connectivity index is 1.54. The number of halogens is 7. The molecule has 0 spiro atoms. The van der Waals surface area contributed by atoms with E-state index in [1.165, 1.54) is 6.07 Å². The van der Waals surface area contributed by atoms with Crippen LogP contribution in [0.5, 0.6) is 11.5 Å². The van der Waals surface area contributed by atoms with E-state index in [4.69, 9.17) is 4.74 Å². The van der Waals surface area contributed by atoms with Crippen LogP contribution in [0, 0.1) is 35.0 Å². The molecule has 1 atom stereocenters. The largest absolute Gasteiger partial charge is 0.432 e. The molecule has 0 saturated carbocycles. The minimum absolute atomic E-state index is 0.0949. The smallest absolute Gasteiger partial charge is 0.429 e. The van der Waals surface area contributed by atoms with Gasteiger partial charge in [-0.2, -0.15) is 8.78 Å². The SMILES string of the molecule is CCC1Cc2ccc(C(=O)Oc3cc(F)c(C(F)(F)Oc4cc(F)c(F)c(F)c4)c(F)c3)cc2C1. The van der Waals surface area contributed by atoms with Gasteiger partial charge in [0, 0.05) is 24.3 Å². The molecule has 0 aromatic heterocycles. The number of fused-ring (bicyclic) bond motifs is 1. The molecule has 1 aliphatic rings. The molecule has 3 nitrogen and oxygen atoms in total. The van der Waals surface area contributed by atoms with Crippen LogP contribution in [0.25, 0.3) is 0 Å². The third-order valence-electron chi connectivity index (χ3n) is 5.76. The highest BCUT2D eigenvalue weighted by molar-refractivity contribution is 5.91. The first-order valence-electron chi connectivity index (χ1n) is 10.5. The van der Waals surface area contributed by atoms with Gasteiger partial charge in [-0.1, -0.05) is 19.4 Å². The van der Waals surface area contributed by atoms with E-state index in [0.717, 1.165) is 30.4 Å². The Morgan fingerprint density at radius 1 is 0.857 bits per heavy atom. The number of carbonyl (C=O) groups is 1. The molecule has 0 aliphatic heterocycles. The molecule has 0 heterocycles. The molecule has 1 aliphatic carbocycles. The summed E-state index contributed by atoms with van der Waals surface area (Å²) in [5.41, 5.74) is 0.285. The Kier molecular flexibility index (Phi) is 6.48. The second-order valence-electron chi connectivity index (χ2n) is 8.14. The summed E-state index contributed by atoms with van der Waals surface area (Å²) in [5.74, 6) is -11.7. The van der Waals surface area contributed by atoms with Crippen LogP contribution in [0.2, 0.25) is 0 Å². The van der Waals surface area contributed by atoms with Crippen LogP contribution in [-0.2, 0) is 19.0 Å². The van der Waals surface area contributed by atoms with Crippen LogP contribution in [0.15, 0.2) is 42.5 Å². The van der Waals surface area contributed by atoms with Gasteiger partial charge in [0.1, 0.15) is 28.7 Å². The fraction of sp³-hybridized carbons (Fsp3) is 0.240. The number of carbonyl (C=O) groups excluding carboxylic acids is 1. The average Bonchev–Trinajstić information content (AvgIpc) is 3.19. The molecule has 0 amide bonds. The summed E-state index contributed by atoms with van der Waals surface area (Å²) in [6, 6.07) is 5.78. The predicted molar refractivity (Wildman–Crippen MR) is 110 cm³/mol. The number of esters is 1. The summed E-state index contributed by atoms with van der Waals surface area (Å²) >= 11 is 0. The molecule has 0 N–H and O–H groups in total. The standard InChI is InChI=1S/C25H17F7O3/c1-2-12-5-13-3-4-14(7-15(13)6-12)24(33)34-16-8-18(26)22(19(27)9-16)25(31,32)35-17-10-20(28)23(30)21(29)11-17/h3-4,7-12H,2,5-6H2,1H3. The molecule has 0 radical (unpaired) electrons. The van der Waals surface area contributed by atoms with Gasteiger partial charge in [0.05, 0.1) is 5.56 Å². The maximum atomic E-state index is 14.4. The zero-order valence-electron chi connectivity index (χ0n) is 18.1. The summed E-state index contributed by atoms with van der Waals surface area (Å²) in [7, 11) is 0. The van der Waals surface area contributed by atoms with Gasteiger partial charge < -0.3 is 9.47 Å². The first-order valence-corrected chi connectivity index (χ1v) is 10.5. The fourth-order valence-electron chi connectivity index (χ4n) is 3.97. The van der Waals surface area contributed by atoms with E-state index < -0.39 is 58.2 Å². The van der Waals surface area contributed by atoms with Gasteiger partial charge in [0.2, 0.25) is 0 Å². The van der Waals surface area contributed by atoms with Crippen molar-refractivity contribution < 1.29 is 45.0 Å². The monoisotopic (exact) mass is 498 g/mol. The van der Waals surface area contributed by atoms with Crippen molar-refractivity contribution in [3.05, 3.63) is 93.8 Å². The van der Waals surface area contributed by atoms with E-state index >= 15 is 0 Å². The van der Waals surface area contributed by atoms with Crippen molar-refractivity contribution in [3.8, 4) is 11.5 Å². The van der Waals surface area contributed by atoms with Gasteiger partial charge in [-0.25, -0.2) is 26.7 Å². The van der Waals surface area contributed by atoms with E-state index in [0.29, 0.717) is 18.1 Å². The Bertz CT molecular complexity index is 1260. The Morgan fingerprint density at radius 3 is 2.03 bits per heavy atom. The van der Waals surface area contributed by atoms with Gasteiger partial charge in [-0.15, -0.1) is 0 Å². The molecule has 1 unspecified atom stereocenters. The first-order chi connectivity index (χ1) is 16.5. The van der Waals surface area contributed by atoms with Crippen LogP contribution >= 0.6 is 0 Å². The van der Waals surface area contributed by atoms with E-state index in [1.54, 1.807) is 12.1 Å². The van der Waals surface area contributed by atoms with Crippen LogP contribution in [0.4, 0.5) is 30.7 Å². The summed E-state index contributed by atoms with van der Waals surface area (Å²) in [6.45, 7) is 2.06. The number of rotatable bonds is 6. The molecule has 4 rings (SSSR count). The molecule has 10 heteroatoms. The molecular formula is C25H17F7O3. The molecule has 0 bridgehead atoms. The molecular weight excluding hydrogens is 481 g/mol. The molecule has 3 aromatic rings. The van der Waals surface area contributed by atoms with Crippen molar-refractivity contribution >= 4 is 5.97 Å². The van der Waals surface area contributed by atoms with Gasteiger partial charge in [-0.05, 0) is 42.0 Å². The maximum Gasteiger partial charge on any atom is 0.432 e. The number of alkyl halides is 2. The van der Waals surface area contributed by atoms with Crippen LogP contribution in [0.3, 0.4) is 0 Å². The maximum absolute atomic E-state index is 14.4. The number of benzene rings is 3.